The lowest BCUT2D eigenvalue weighted by Crippen LogP contribution is -2.22. The first-order chi connectivity index (χ1) is 14.1. The molecule has 6 heteroatoms. The molecule has 5 nitrogen and oxygen atoms in total. The maximum atomic E-state index is 13.2. The third kappa shape index (κ3) is 3.77. The zero-order valence-corrected chi connectivity index (χ0v) is 18.2. The molecule has 0 spiro atoms. The monoisotopic (exact) mass is 450 g/mol. The Hall–Kier alpha value is -2.73. The summed E-state index contributed by atoms with van der Waals surface area (Å²) >= 11 is 3.45. The molecule has 0 aliphatic carbocycles. The summed E-state index contributed by atoms with van der Waals surface area (Å²) in [5.41, 5.74) is 2.72. The molecule has 0 saturated heterocycles. The molecular weight excluding hydrogens is 428 g/mol. The Bertz CT molecular complexity index is 1270. The van der Waals surface area contributed by atoms with Crippen LogP contribution in [0, 0.1) is 0 Å². The summed E-state index contributed by atoms with van der Waals surface area (Å²) in [6, 6.07) is 13.8. The van der Waals surface area contributed by atoms with Crippen molar-refractivity contribution in [3.63, 3.8) is 0 Å². The number of nitrogens with zero attached hydrogens (tertiary/aromatic N) is 4. The maximum Gasteiger partial charge on any atom is 0.282 e. The van der Waals surface area contributed by atoms with Crippen molar-refractivity contribution in [2.45, 2.75) is 39.7 Å². The average molecular weight is 451 g/mol. The summed E-state index contributed by atoms with van der Waals surface area (Å²) in [6.07, 6.45) is 6.56. The van der Waals surface area contributed by atoms with E-state index in [1.807, 2.05) is 30.3 Å². The van der Waals surface area contributed by atoms with Crippen LogP contribution in [0.5, 0.6) is 0 Å². The number of hydrogen-bond acceptors (Lipinski definition) is 3. The second-order valence-corrected chi connectivity index (χ2v) is 7.96. The topological polar surface area (TPSA) is 52.2 Å². The van der Waals surface area contributed by atoms with Gasteiger partial charge in [0.25, 0.3) is 5.56 Å². The standard InChI is InChI=1S/C23H23BrN4O/c1-3-5-10-22-26-20-12-11-17(24)13-19(20)23(29)28(22)25-14-16-15-27(4-2)21-9-7-6-8-18(16)21/h6-9,11-15H,3-5,10H2,1-2H3. The van der Waals surface area contributed by atoms with E-state index in [-0.39, 0.29) is 5.56 Å². The van der Waals surface area contributed by atoms with Gasteiger partial charge in [-0.05, 0) is 37.6 Å². The van der Waals surface area contributed by atoms with Crippen molar-refractivity contribution >= 4 is 44.0 Å². The molecule has 0 saturated carbocycles. The molecule has 0 aliphatic heterocycles. The highest BCUT2D eigenvalue weighted by molar-refractivity contribution is 9.10. The van der Waals surface area contributed by atoms with E-state index >= 15 is 0 Å². The normalized spacial score (nSPS) is 11.8. The molecule has 0 aliphatic rings. The van der Waals surface area contributed by atoms with Crippen LogP contribution in [-0.4, -0.2) is 20.4 Å². The zero-order chi connectivity index (χ0) is 20.4. The van der Waals surface area contributed by atoms with Gasteiger partial charge in [-0.15, -0.1) is 0 Å². The minimum absolute atomic E-state index is 0.141. The SMILES string of the molecule is CCCCc1nc2ccc(Br)cc2c(=O)n1N=Cc1cn(CC)c2ccccc12. The number of aromatic nitrogens is 3. The molecule has 148 valence electrons. The van der Waals surface area contributed by atoms with Crippen molar-refractivity contribution in [1.82, 2.24) is 14.2 Å². The summed E-state index contributed by atoms with van der Waals surface area (Å²) in [4.78, 5) is 17.9. The van der Waals surface area contributed by atoms with Crippen molar-refractivity contribution in [3.8, 4) is 0 Å². The van der Waals surface area contributed by atoms with E-state index in [1.54, 1.807) is 6.21 Å². The Kier molecular flexibility index (Phi) is 5.62. The first-order valence-corrected chi connectivity index (χ1v) is 10.7. The third-order valence-corrected chi connectivity index (χ3v) is 5.59. The molecule has 0 atom stereocenters. The summed E-state index contributed by atoms with van der Waals surface area (Å²) in [6.45, 7) is 5.12. The number of unbranched alkanes of at least 4 members (excludes halogenated alkanes) is 1. The van der Waals surface area contributed by atoms with Gasteiger partial charge >= 0.3 is 0 Å². The van der Waals surface area contributed by atoms with Crippen molar-refractivity contribution in [2.24, 2.45) is 5.10 Å². The van der Waals surface area contributed by atoms with Gasteiger partial charge < -0.3 is 4.57 Å². The smallest absolute Gasteiger partial charge is 0.282 e. The fraction of sp³-hybridized carbons (Fsp3) is 0.261. The van der Waals surface area contributed by atoms with Crippen LogP contribution in [0.25, 0.3) is 21.8 Å². The van der Waals surface area contributed by atoms with Gasteiger partial charge in [0.1, 0.15) is 5.82 Å². The molecule has 0 amide bonds. The van der Waals surface area contributed by atoms with E-state index in [0.717, 1.165) is 40.3 Å². The maximum absolute atomic E-state index is 13.2. The van der Waals surface area contributed by atoms with Crippen molar-refractivity contribution in [2.75, 3.05) is 0 Å². The number of halogens is 1. The van der Waals surface area contributed by atoms with Gasteiger partial charge in [-0.2, -0.15) is 9.78 Å². The summed E-state index contributed by atoms with van der Waals surface area (Å²) in [7, 11) is 0. The van der Waals surface area contributed by atoms with Gasteiger partial charge in [0.2, 0.25) is 0 Å². The average Bonchev–Trinajstić information content (AvgIpc) is 3.10. The van der Waals surface area contributed by atoms with Crippen LogP contribution in [0.15, 0.2) is 63.0 Å². The largest absolute Gasteiger partial charge is 0.347 e. The molecule has 4 aromatic rings. The lowest BCUT2D eigenvalue weighted by molar-refractivity contribution is 0.675. The lowest BCUT2D eigenvalue weighted by atomic mass is 10.2. The van der Waals surface area contributed by atoms with E-state index < -0.39 is 0 Å². The number of hydrogen-bond donors (Lipinski definition) is 0. The quantitative estimate of drug-likeness (QED) is 0.371. The van der Waals surface area contributed by atoms with Gasteiger partial charge in [0, 0.05) is 40.1 Å². The van der Waals surface area contributed by atoms with Crippen LogP contribution in [0.3, 0.4) is 0 Å². The highest BCUT2D eigenvalue weighted by Crippen LogP contribution is 2.20. The van der Waals surface area contributed by atoms with E-state index in [4.69, 9.17) is 4.98 Å². The Balaban J connectivity index is 1.87. The Morgan fingerprint density at radius 2 is 1.97 bits per heavy atom. The fourth-order valence-electron chi connectivity index (χ4n) is 3.57. The number of benzene rings is 2. The van der Waals surface area contributed by atoms with Gasteiger partial charge in [0.05, 0.1) is 17.1 Å². The van der Waals surface area contributed by atoms with Crippen molar-refractivity contribution in [3.05, 3.63) is 74.9 Å². The molecule has 2 heterocycles. The Morgan fingerprint density at radius 1 is 1.14 bits per heavy atom. The number of fused-ring (bicyclic) bond motifs is 2. The first-order valence-electron chi connectivity index (χ1n) is 9.95. The Morgan fingerprint density at radius 3 is 2.76 bits per heavy atom. The summed E-state index contributed by atoms with van der Waals surface area (Å²) in [5, 5.41) is 6.28. The highest BCUT2D eigenvalue weighted by Gasteiger charge is 2.11. The van der Waals surface area contributed by atoms with E-state index in [1.165, 1.54) is 4.68 Å². The molecule has 2 aromatic heterocycles. The molecule has 0 N–H and O–H groups in total. The minimum Gasteiger partial charge on any atom is -0.347 e. The number of rotatable bonds is 6. The van der Waals surface area contributed by atoms with Crippen molar-refractivity contribution in [1.29, 1.82) is 0 Å². The number of aryl methyl sites for hydroxylation is 2. The van der Waals surface area contributed by atoms with Crippen LogP contribution in [0.1, 0.15) is 38.1 Å². The molecule has 2 aromatic carbocycles. The third-order valence-electron chi connectivity index (χ3n) is 5.10. The molecule has 0 fully saturated rings. The van der Waals surface area contributed by atoms with Crippen LogP contribution in [-0.2, 0) is 13.0 Å². The molecule has 0 radical (unpaired) electrons. The van der Waals surface area contributed by atoms with Gasteiger partial charge in [-0.25, -0.2) is 4.98 Å². The van der Waals surface area contributed by atoms with Gasteiger partial charge in [0.15, 0.2) is 0 Å². The molecule has 0 bridgehead atoms. The zero-order valence-electron chi connectivity index (χ0n) is 16.6. The van der Waals surface area contributed by atoms with Crippen LogP contribution in [0.4, 0.5) is 0 Å². The van der Waals surface area contributed by atoms with E-state index in [9.17, 15) is 4.79 Å². The molecule has 4 rings (SSSR count). The van der Waals surface area contributed by atoms with E-state index in [2.05, 4.69) is 57.8 Å². The van der Waals surface area contributed by atoms with Crippen LogP contribution < -0.4 is 5.56 Å². The lowest BCUT2D eigenvalue weighted by Gasteiger charge is -2.09. The molecular formula is C23H23BrN4O. The number of para-hydroxylation sites is 1. The van der Waals surface area contributed by atoms with Crippen LogP contribution in [0.2, 0.25) is 0 Å². The predicted molar refractivity (Wildman–Crippen MR) is 123 cm³/mol. The first kappa shape index (κ1) is 19.6. The minimum atomic E-state index is -0.141. The molecule has 29 heavy (non-hydrogen) atoms. The van der Waals surface area contributed by atoms with E-state index in [0.29, 0.717) is 23.1 Å². The summed E-state index contributed by atoms with van der Waals surface area (Å²) in [5.74, 6) is 0.696. The second-order valence-electron chi connectivity index (χ2n) is 7.04. The second kappa shape index (κ2) is 8.33. The fourth-order valence-corrected chi connectivity index (χ4v) is 3.93. The molecule has 0 unspecified atom stereocenters. The Labute approximate surface area is 177 Å². The van der Waals surface area contributed by atoms with Gasteiger partial charge in [-0.3, -0.25) is 4.79 Å². The van der Waals surface area contributed by atoms with Crippen LogP contribution >= 0.6 is 15.9 Å². The predicted octanol–water partition coefficient (Wildman–Crippen LogP) is 5.36. The highest BCUT2D eigenvalue weighted by atomic mass is 79.9. The summed E-state index contributed by atoms with van der Waals surface area (Å²) < 4.78 is 4.50. The van der Waals surface area contributed by atoms with Crippen molar-refractivity contribution < 1.29 is 0 Å². The van der Waals surface area contributed by atoms with Gasteiger partial charge in [-0.1, -0.05) is 47.5 Å².